The lowest BCUT2D eigenvalue weighted by Crippen LogP contribution is -2.01. The Kier molecular flexibility index (Phi) is 3.20. The normalized spacial score (nSPS) is 10.6. The zero-order valence-electron chi connectivity index (χ0n) is 10.3. The highest BCUT2D eigenvalue weighted by Gasteiger charge is 2.01. The highest BCUT2D eigenvalue weighted by molar-refractivity contribution is 7.09. The zero-order chi connectivity index (χ0) is 13.1. The molecule has 2 heterocycles. The van der Waals surface area contributed by atoms with E-state index in [1.165, 1.54) is 0 Å². The van der Waals surface area contributed by atoms with Crippen LogP contribution in [0.15, 0.2) is 36.0 Å². The number of tetrazole rings is 1. The largest absolute Gasteiger partial charge is 0.378 e. The van der Waals surface area contributed by atoms with Crippen LogP contribution >= 0.6 is 11.3 Å². The molecular weight excluding hydrogens is 260 g/mol. The number of nitrogens with zero attached hydrogens (tertiary/aromatic N) is 5. The van der Waals surface area contributed by atoms with Crippen molar-refractivity contribution in [2.75, 3.05) is 5.32 Å². The first kappa shape index (κ1) is 11.8. The molecular formula is C12H12N6S. The maximum Gasteiger partial charge on any atom is 0.143 e. The molecule has 0 radical (unpaired) electrons. The van der Waals surface area contributed by atoms with Gasteiger partial charge < -0.3 is 5.32 Å². The summed E-state index contributed by atoms with van der Waals surface area (Å²) in [5, 5.41) is 17.6. The molecule has 0 spiro atoms. The minimum absolute atomic E-state index is 0.720. The Labute approximate surface area is 114 Å². The number of anilines is 1. The number of rotatable bonds is 4. The molecule has 7 heteroatoms. The van der Waals surface area contributed by atoms with Crippen molar-refractivity contribution in [3.63, 3.8) is 0 Å². The molecule has 0 aliphatic rings. The lowest BCUT2D eigenvalue weighted by molar-refractivity contribution is 0.789. The Morgan fingerprint density at radius 3 is 3.05 bits per heavy atom. The first-order chi connectivity index (χ1) is 9.31. The van der Waals surface area contributed by atoms with Crippen molar-refractivity contribution in [2.24, 2.45) is 0 Å². The van der Waals surface area contributed by atoms with Crippen molar-refractivity contribution in [3.05, 3.63) is 46.7 Å². The van der Waals surface area contributed by atoms with Crippen LogP contribution in [0.3, 0.4) is 0 Å². The van der Waals surface area contributed by atoms with Crippen LogP contribution in [0.2, 0.25) is 0 Å². The van der Waals surface area contributed by atoms with Crippen LogP contribution < -0.4 is 5.32 Å². The second-order valence-electron chi connectivity index (χ2n) is 4.04. The van der Waals surface area contributed by atoms with Gasteiger partial charge in [-0.15, -0.1) is 16.4 Å². The van der Waals surface area contributed by atoms with E-state index in [2.05, 4.69) is 31.2 Å². The van der Waals surface area contributed by atoms with E-state index >= 15 is 0 Å². The van der Waals surface area contributed by atoms with E-state index in [1.54, 1.807) is 22.3 Å². The Morgan fingerprint density at radius 2 is 2.32 bits per heavy atom. The molecule has 96 valence electrons. The minimum Gasteiger partial charge on any atom is -0.378 e. The predicted molar refractivity (Wildman–Crippen MR) is 73.3 cm³/mol. The fourth-order valence-corrected chi connectivity index (χ4v) is 2.41. The number of hydrogen-bond acceptors (Lipinski definition) is 6. The summed E-state index contributed by atoms with van der Waals surface area (Å²) in [4.78, 5) is 4.42. The summed E-state index contributed by atoms with van der Waals surface area (Å²) in [7, 11) is 0. The number of aryl methyl sites for hydroxylation is 1. The second kappa shape index (κ2) is 5.15. The molecule has 3 rings (SSSR count). The van der Waals surface area contributed by atoms with Gasteiger partial charge in [0.2, 0.25) is 0 Å². The molecule has 0 aliphatic carbocycles. The molecule has 0 bridgehead atoms. The van der Waals surface area contributed by atoms with Gasteiger partial charge in [-0.1, -0.05) is 6.07 Å². The third-order valence-corrected chi connectivity index (χ3v) is 3.54. The molecule has 0 aliphatic heterocycles. The van der Waals surface area contributed by atoms with Crippen LogP contribution in [0.25, 0.3) is 5.69 Å². The smallest absolute Gasteiger partial charge is 0.143 e. The number of aromatic nitrogens is 5. The monoisotopic (exact) mass is 272 g/mol. The Bertz CT molecular complexity index is 660. The molecule has 0 saturated carbocycles. The fourth-order valence-electron chi connectivity index (χ4n) is 1.70. The van der Waals surface area contributed by atoms with Crippen LogP contribution in [0.5, 0.6) is 0 Å². The van der Waals surface area contributed by atoms with Gasteiger partial charge in [-0.25, -0.2) is 9.67 Å². The molecule has 2 aromatic heterocycles. The zero-order valence-corrected chi connectivity index (χ0v) is 11.1. The van der Waals surface area contributed by atoms with Crippen molar-refractivity contribution in [1.29, 1.82) is 0 Å². The van der Waals surface area contributed by atoms with Gasteiger partial charge in [0.15, 0.2) is 0 Å². The Hall–Kier alpha value is -2.28. The quantitative estimate of drug-likeness (QED) is 0.787. The summed E-state index contributed by atoms with van der Waals surface area (Å²) >= 11 is 1.66. The van der Waals surface area contributed by atoms with Gasteiger partial charge in [-0.05, 0) is 35.5 Å². The third-order valence-electron chi connectivity index (χ3n) is 2.57. The fraction of sp³-hybridized carbons (Fsp3) is 0.167. The SMILES string of the molecule is Cc1csc(CNc2cccc(-n3cnnn3)c2)n1. The van der Waals surface area contributed by atoms with Crippen molar-refractivity contribution < 1.29 is 0 Å². The standard InChI is InChI=1S/C12H12N6S/c1-9-7-19-12(15-9)6-13-10-3-2-4-11(5-10)18-8-14-16-17-18/h2-5,7-8,13H,6H2,1H3. The summed E-state index contributed by atoms with van der Waals surface area (Å²) < 4.78 is 1.62. The molecule has 3 aromatic rings. The molecule has 1 aromatic carbocycles. The Balaban J connectivity index is 1.73. The van der Waals surface area contributed by atoms with Crippen molar-refractivity contribution in [2.45, 2.75) is 13.5 Å². The maximum absolute atomic E-state index is 4.42. The van der Waals surface area contributed by atoms with E-state index in [0.717, 1.165) is 28.6 Å². The maximum atomic E-state index is 4.42. The van der Waals surface area contributed by atoms with Gasteiger partial charge in [0.25, 0.3) is 0 Å². The van der Waals surface area contributed by atoms with Gasteiger partial charge in [0, 0.05) is 16.8 Å². The van der Waals surface area contributed by atoms with Gasteiger partial charge in [-0.3, -0.25) is 0 Å². The first-order valence-electron chi connectivity index (χ1n) is 5.79. The van der Waals surface area contributed by atoms with Crippen LogP contribution in [-0.2, 0) is 6.54 Å². The van der Waals surface area contributed by atoms with Crippen molar-refractivity contribution in [1.82, 2.24) is 25.2 Å². The molecule has 19 heavy (non-hydrogen) atoms. The van der Waals surface area contributed by atoms with E-state index in [0.29, 0.717) is 0 Å². The number of benzene rings is 1. The van der Waals surface area contributed by atoms with Gasteiger partial charge in [-0.2, -0.15) is 0 Å². The van der Waals surface area contributed by atoms with Crippen molar-refractivity contribution in [3.8, 4) is 5.69 Å². The summed E-state index contributed by atoms with van der Waals surface area (Å²) in [6.07, 6.45) is 1.57. The number of thiazole rings is 1. The summed E-state index contributed by atoms with van der Waals surface area (Å²) in [6.45, 7) is 2.72. The highest BCUT2D eigenvalue weighted by atomic mass is 32.1. The molecule has 6 nitrogen and oxygen atoms in total. The summed E-state index contributed by atoms with van der Waals surface area (Å²) in [5.41, 5.74) is 3.00. The van der Waals surface area contributed by atoms with Gasteiger partial charge >= 0.3 is 0 Å². The molecule has 0 fully saturated rings. The predicted octanol–water partition coefficient (Wildman–Crippen LogP) is 2.04. The van der Waals surface area contributed by atoms with E-state index in [9.17, 15) is 0 Å². The lowest BCUT2D eigenvalue weighted by Gasteiger charge is -2.06. The van der Waals surface area contributed by atoms with Crippen LogP contribution in [0.1, 0.15) is 10.7 Å². The first-order valence-corrected chi connectivity index (χ1v) is 6.67. The molecule has 0 atom stereocenters. The topological polar surface area (TPSA) is 68.5 Å². The summed E-state index contributed by atoms with van der Waals surface area (Å²) in [6, 6.07) is 7.92. The third kappa shape index (κ3) is 2.76. The minimum atomic E-state index is 0.720. The van der Waals surface area contributed by atoms with Crippen LogP contribution in [0, 0.1) is 6.92 Å². The van der Waals surface area contributed by atoms with E-state index in [1.807, 2.05) is 31.2 Å². The van der Waals surface area contributed by atoms with Crippen molar-refractivity contribution >= 4 is 17.0 Å². The lowest BCUT2D eigenvalue weighted by atomic mass is 10.3. The molecule has 0 unspecified atom stereocenters. The molecule has 0 amide bonds. The van der Waals surface area contributed by atoms with Gasteiger partial charge in [0.1, 0.15) is 11.3 Å². The number of hydrogen-bond donors (Lipinski definition) is 1. The van der Waals surface area contributed by atoms with E-state index in [4.69, 9.17) is 0 Å². The van der Waals surface area contributed by atoms with E-state index in [-0.39, 0.29) is 0 Å². The number of nitrogens with one attached hydrogen (secondary N) is 1. The average Bonchev–Trinajstić information content (AvgIpc) is 3.08. The Morgan fingerprint density at radius 1 is 1.37 bits per heavy atom. The molecule has 0 saturated heterocycles. The van der Waals surface area contributed by atoms with Crippen LogP contribution in [0.4, 0.5) is 5.69 Å². The van der Waals surface area contributed by atoms with Crippen LogP contribution in [-0.4, -0.2) is 25.2 Å². The summed E-state index contributed by atoms with van der Waals surface area (Å²) in [5.74, 6) is 0. The van der Waals surface area contributed by atoms with Gasteiger partial charge in [0.05, 0.1) is 12.2 Å². The second-order valence-corrected chi connectivity index (χ2v) is 4.98. The molecule has 1 N–H and O–H groups in total. The highest BCUT2D eigenvalue weighted by Crippen LogP contribution is 2.15. The van der Waals surface area contributed by atoms with E-state index < -0.39 is 0 Å². The average molecular weight is 272 g/mol.